The Morgan fingerprint density at radius 3 is 2.45 bits per heavy atom. The van der Waals surface area contributed by atoms with E-state index in [4.69, 9.17) is 4.74 Å². The van der Waals surface area contributed by atoms with E-state index < -0.39 is 6.10 Å². The minimum absolute atomic E-state index is 0.0314. The van der Waals surface area contributed by atoms with Crippen LogP contribution in [0.3, 0.4) is 0 Å². The van der Waals surface area contributed by atoms with Crippen LogP contribution in [0.15, 0.2) is 41.9 Å². The first kappa shape index (κ1) is 38.1. The average Bonchev–Trinajstić information content (AvgIpc) is 3.76. The third-order valence-electron chi connectivity index (χ3n) is 9.28. The lowest BCUT2D eigenvalue weighted by Crippen LogP contribution is -2.53. The first-order valence-corrected chi connectivity index (χ1v) is 17.9. The maximum absolute atomic E-state index is 13.8. The summed E-state index contributed by atoms with van der Waals surface area (Å²) in [6.07, 6.45) is 5.45. The summed E-state index contributed by atoms with van der Waals surface area (Å²) in [5.74, 6) is -0.488. The monoisotopic (exact) mass is 669 g/mol. The minimum Gasteiger partial charge on any atom is -0.379 e. The van der Waals surface area contributed by atoms with E-state index in [-0.39, 0.29) is 72.5 Å². The van der Waals surface area contributed by atoms with Gasteiger partial charge in [0.05, 0.1) is 31.2 Å². The molecule has 0 spiro atoms. The van der Waals surface area contributed by atoms with Gasteiger partial charge in [-0.3, -0.25) is 19.2 Å². The van der Waals surface area contributed by atoms with Crippen molar-refractivity contribution in [2.45, 2.75) is 104 Å². The fourth-order valence-corrected chi connectivity index (χ4v) is 7.16. The Bertz CT molecular complexity index is 1270. The normalized spacial score (nSPS) is 17.9. The summed E-state index contributed by atoms with van der Waals surface area (Å²) in [6.45, 7) is 10.5. The zero-order valence-corrected chi connectivity index (χ0v) is 30.1. The zero-order valence-electron chi connectivity index (χ0n) is 29.2. The van der Waals surface area contributed by atoms with Crippen LogP contribution < -0.4 is 10.6 Å². The van der Waals surface area contributed by atoms with Crippen molar-refractivity contribution >= 4 is 35.0 Å². The van der Waals surface area contributed by atoms with Crippen molar-refractivity contribution in [3.8, 4) is 0 Å². The van der Waals surface area contributed by atoms with Gasteiger partial charge in [-0.1, -0.05) is 71.4 Å². The van der Waals surface area contributed by atoms with E-state index >= 15 is 0 Å². The van der Waals surface area contributed by atoms with E-state index in [1.807, 2.05) is 49.3 Å². The van der Waals surface area contributed by atoms with Crippen LogP contribution in [-0.4, -0.2) is 83.8 Å². The van der Waals surface area contributed by atoms with Crippen molar-refractivity contribution < 1.29 is 23.9 Å². The highest BCUT2D eigenvalue weighted by atomic mass is 32.1. The molecule has 1 aromatic heterocycles. The number of thiazole rings is 1. The van der Waals surface area contributed by atoms with Gasteiger partial charge in [-0.2, -0.15) is 0 Å². The summed E-state index contributed by atoms with van der Waals surface area (Å²) in [5.41, 5.74) is 1.12. The molecule has 10 nitrogen and oxygen atoms in total. The number of nitrogens with one attached hydrogen (secondary N) is 2. The largest absolute Gasteiger partial charge is 0.379 e. The molecular weight excluding hydrogens is 614 g/mol. The zero-order chi connectivity index (χ0) is 34.5. The third kappa shape index (κ3) is 11.4. The molecule has 6 atom stereocenters. The standard InChI is InChI=1S/C36H55N5O5S/c1-8-25(4)34(40(6)33(44)23-38-31(42)19-24(2)3)30(46-7)22-32(43)41-17-12-15-28(41)20-26(5)35(45)39-29(36-37-16-18-47-36)21-27-13-10-9-11-14-27/h9-11,13-14,16,18,24-26,28-30,34H,8,12,15,17,19-23H2,1-7H3,(H,38,42)(H,39,45)/t25-,26+,28-,29-,30+,34-/m0/s1. The van der Waals surface area contributed by atoms with Gasteiger partial charge in [0.1, 0.15) is 5.01 Å². The van der Waals surface area contributed by atoms with Crippen LogP contribution in [0, 0.1) is 17.8 Å². The molecule has 1 aromatic carbocycles. The molecule has 2 N–H and O–H groups in total. The van der Waals surface area contributed by atoms with Gasteiger partial charge in [0.15, 0.2) is 0 Å². The number of likely N-dealkylation sites (tertiary alicyclic amines) is 1. The van der Waals surface area contributed by atoms with Crippen LogP contribution in [-0.2, 0) is 30.3 Å². The van der Waals surface area contributed by atoms with Crippen LogP contribution in [0.2, 0.25) is 0 Å². The molecule has 260 valence electrons. The van der Waals surface area contributed by atoms with Crippen LogP contribution >= 0.6 is 11.3 Å². The van der Waals surface area contributed by atoms with Gasteiger partial charge < -0.3 is 25.2 Å². The fourth-order valence-electron chi connectivity index (χ4n) is 6.47. The van der Waals surface area contributed by atoms with Crippen LogP contribution in [0.5, 0.6) is 0 Å². The van der Waals surface area contributed by atoms with Crippen molar-refractivity contribution in [2.75, 3.05) is 27.2 Å². The van der Waals surface area contributed by atoms with Gasteiger partial charge >= 0.3 is 0 Å². The van der Waals surface area contributed by atoms with Crippen molar-refractivity contribution in [3.05, 3.63) is 52.5 Å². The summed E-state index contributed by atoms with van der Waals surface area (Å²) >= 11 is 1.53. The first-order valence-electron chi connectivity index (χ1n) is 17.0. The van der Waals surface area contributed by atoms with Crippen molar-refractivity contribution in [3.63, 3.8) is 0 Å². The molecule has 4 amide bonds. The van der Waals surface area contributed by atoms with Gasteiger partial charge in [-0.25, -0.2) is 4.98 Å². The van der Waals surface area contributed by atoms with Crippen LogP contribution in [0.25, 0.3) is 0 Å². The molecule has 0 saturated carbocycles. The lowest BCUT2D eigenvalue weighted by molar-refractivity contribution is -0.143. The summed E-state index contributed by atoms with van der Waals surface area (Å²) in [5, 5.41) is 8.75. The summed E-state index contributed by atoms with van der Waals surface area (Å²) in [7, 11) is 3.30. The molecule has 2 heterocycles. The maximum Gasteiger partial charge on any atom is 0.242 e. The molecule has 0 bridgehead atoms. The number of hydrogen-bond donors (Lipinski definition) is 2. The molecule has 1 aliphatic heterocycles. The highest BCUT2D eigenvalue weighted by molar-refractivity contribution is 7.09. The number of methoxy groups -OCH3 is 1. The predicted octanol–water partition coefficient (Wildman–Crippen LogP) is 5.00. The molecule has 2 aromatic rings. The number of carbonyl (C=O) groups is 4. The Morgan fingerprint density at radius 1 is 1.11 bits per heavy atom. The second kappa shape index (κ2) is 18.9. The second-order valence-electron chi connectivity index (χ2n) is 13.4. The van der Waals surface area contributed by atoms with Gasteiger partial charge in [0.2, 0.25) is 23.6 Å². The number of aromatic nitrogens is 1. The van der Waals surface area contributed by atoms with Crippen molar-refractivity contribution in [1.29, 1.82) is 0 Å². The topological polar surface area (TPSA) is 121 Å². The minimum atomic E-state index is -0.517. The quantitative estimate of drug-likeness (QED) is 0.231. The maximum atomic E-state index is 13.8. The van der Waals surface area contributed by atoms with Gasteiger partial charge in [-0.05, 0) is 43.1 Å². The number of nitrogens with zero attached hydrogens (tertiary/aromatic N) is 3. The van der Waals surface area contributed by atoms with Crippen molar-refractivity contribution in [1.82, 2.24) is 25.4 Å². The Balaban J connectivity index is 1.63. The average molecular weight is 670 g/mol. The van der Waals surface area contributed by atoms with Crippen molar-refractivity contribution in [2.24, 2.45) is 17.8 Å². The van der Waals surface area contributed by atoms with Gasteiger partial charge in [-0.15, -0.1) is 11.3 Å². The number of ether oxygens (including phenoxy) is 1. The van der Waals surface area contributed by atoms with E-state index in [0.717, 1.165) is 29.8 Å². The molecule has 3 rings (SSSR count). The Hall–Kier alpha value is -3.31. The first-order chi connectivity index (χ1) is 22.4. The molecule has 1 aliphatic rings. The number of rotatable bonds is 18. The van der Waals surface area contributed by atoms with Gasteiger partial charge in [0, 0.05) is 50.7 Å². The predicted molar refractivity (Wildman–Crippen MR) is 186 cm³/mol. The second-order valence-corrected chi connectivity index (χ2v) is 14.3. The van der Waals surface area contributed by atoms with Crippen LogP contribution in [0.4, 0.5) is 0 Å². The molecule has 11 heteroatoms. The number of benzene rings is 1. The number of amides is 4. The lowest BCUT2D eigenvalue weighted by Gasteiger charge is -2.38. The Morgan fingerprint density at radius 2 is 1.83 bits per heavy atom. The smallest absolute Gasteiger partial charge is 0.242 e. The Kier molecular flexibility index (Phi) is 15.3. The summed E-state index contributed by atoms with van der Waals surface area (Å²) in [4.78, 5) is 60.7. The summed E-state index contributed by atoms with van der Waals surface area (Å²) < 4.78 is 5.90. The number of likely N-dealkylation sites (N-methyl/N-ethyl adjacent to an activating group) is 1. The van der Waals surface area contributed by atoms with E-state index in [9.17, 15) is 19.2 Å². The number of carbonyl (C=O) groups excluding carboxylic acids is 4. The fraction of sp³-hybridized carbons (Fsp3) is 0.639. The Labute approximate surface area is 285 Å². The number of hydrogen-bond acceptors (Lipinski definition) is 7. The van der Waals surface area contributed by atoms with E-state index in [2.05, 4.69) is 41.6 Å². The third-order valence-corrected chi connectivity index (χ3v) is 10.2. The lowest BCUT2D eigenvalue weighted by atomic mass is 9.90. The van der Waals surface area contributed by atoms with E-state index in [1.165, 1.54) is 11.3 Å². The van der Waals surface area contributed by atoms with Gasteiger partial charge in [0.25, 0.3) is 0 Å². The SMILES string of the molecule is CC[C@H](C)[C@@H]([C@@H](CC(=O)N1CCC[C@H]1C[C@@H](C)C(=O)N[C@@H](Cc1ccccc1)c1nccs1)OC)N(C)C(=O)CNC(=O)CC(C)C. The van der Waals surface area contributed by atoms with E-state index in [1.54, 1.807) is 25.3 Å². The molecule has 1 saturated heterocycles. The molecule has 0 unspecified atom stereocenters. The summed E-state index contributed by atoms with van der Waals surface area (Å²) in [6, 6.07) is 9.45. The van der Waals surface area contributed by atoms with Crippen LogP contribution in [0.1, 0.15) is 89.8 Å². The van der Waals surface area contributed by atoms with E-state index in [0.29, 0.717) is 25.8 Å². The molecular formula is C36H55N5O5S. The highest BCUT2D eigenvalue weighted by Gasteiger charge is 2.38. The highest BCUT2D eigenvalue weighted by Crippen LogP contribution is 2.28. The molecule has 0 aliphatic carbocycles. The molecule has 1 fully saturated rings. The molecule has 0 radical (unpaired) electrons. The molecule has 47 heavy (non-hydrogen) atoms.